The highest BCUT2D eigenvalue weighted by Gasteiger charge is 2.74. The van der Waals surface area contributed by atoms with E-state index in [4.69, 9.17) is 9.68 Å². The van der Waals surface area contributed by atoms with Gasteiger partial charge in [-0.05, 0) is 94.3 Å². The van der Waals surface area contributed by atoms with E-state index in [0.717, 1.165) is 38.5 Å². The molecule has 0 aromatic rings. The number of hydrogen-bond donors (Lipinski definition) is 0. The molecule has 0 aromatic carbocycles. The van der Waals surface area contributed by atoms with Crippen molar-refractivity contribution < 1.29 is 29.5 Å². The van der Waals surface area contributed by atoms with E-state index < -0.39 is 50.1 Å². The molecule has 2 fully saturated rings. The number of aliphatic carboxylic acids is 2. The van der Waals surface area contributed by atoms with Crippen LogP contribution < -0.4 is 10.2 Å². The smallest absolute Gasteiger partial charge is 0.0685 e. The molecular weight excluding hydrogens is 677 g/mol. The van der Waals surface area contributed by atoms with Crippen LogP contribution in [-0.2, 0) is 19.3 Å². The maximum absolute atomic E-state index is 14.6. The first-order valence-corrected chi connectivity index (χ1v) is 22.4. The Morgan fingerprint density at radius 1 is 0.537 bits per heavy atom. The van der Waals surface area contributed by atoms with E-state index in [1.54, 1.807) is 0 Å². The Morgan fingerprint density at radius 3 is 1.26 bits per heavy atom. The zero-order valence-electron chi connectivity index (χ0n) is 37.5. The fraction of sp³-hybridized carbons (Fsp3) is 0.957. The van der Waals surface area contributed by atoms with Crippen LogP contribution in [0.1, 0.15) is 218 Å². The second-order valence-electron chi connectivity index (χ2n) is 19.8. The molecule has 8 nitrogen and oxygen atoms in total. The van der Waals surface area contributed by atoms with Crippen molar-refractivity contribution >= 4 is 11.9 Å². The van der Waals surface area contributed by atoms with E-state index in [0.29, 0.717) is 52.0 Å². The minimum absolute atomic E-state index is 0.0700. The fourth-order valence-corrected chi connectivity index (χ4v) is 10.8. The molecular formula is C46H86N2O6-2. The largest absolute Gasteiger partial charge is 0.550 e. The van der Waals surface area contributed by atoms with Crippen molar-refractivity contribution in [1.82, 2.24) is 10.1 Å². The number of rotatable bonds is 27. The molecule has 2 unspecified atom stereocenters. The van der Waals surface area contributed by atoms with Crippen LogP contribution in [0.3, 0.4) is 0 Å². The lowest BCUT2D eigenvalue weighted by Gasteiger charge is -2.75. The third-order valence-electron chi connectivity index (χ3n) is 16.3. The molecule has 2 aliphatic heterocycles. The molecule has 8 heteroatoms. The van der Waals surface area contributed by atoms with Gasteiger partial charge in [0.2, 0.25) is 0 Å². The number of carboxylic acids is 2. The van der Waals surface area contributed by atoms with Gasteiger partial charge in [-0.3, -0.25) is 9.68 Å². The molecule has 2 saturated heterocycles. The lowest BCUT2D eigenvalue weighted by molar-refractivity contribution is -0.377. The number of carbonyl (C=O) groups excluding carboxylic acids is 2. The average Bonchev–Trinajstić information content (AvgIpc) is 3.09. The Bertz CT molecular complexity index is 1070. The number of carboxylic acid groups (broad SMARTS) is 2. The van der Waals surface area contributed by atoms with Crippen molar-refractivity contribution in [2.24, 2.45) is 27.1 Å². The van der Waals surface area contributed by atoms with Crippen molar-refractivity contribution in [2.75, 3.05) is 26.3 Å². The summed E-state index contributed by atoms with van der Waals surface area (Å²) in [6.07, 6.45) is 20.3. The van der Waals surface area contributed by atoms with Crippen molar-refractivity contribution in [1.29, 1.82) is 0 Å². The van der Waals surface area contributed by atoms with Gasteiger partial charge >= 0.3 is 0 Å². The monoisotopic (exact) mass is 763 g/mol. The van der Waals surface area contributed by atoms with Crippen LogP contribution in [0, 0.1) is 27.1 Å². The quantitative estimate of drug-likeness (QED) is 0.0762. The predicted molar refractivity (Wildman–Crippen MR) is 218 cm³/mol. The SMILES string of the molecule is CCCCCCCCON1CCC(C)(C(CCCCCCCC(=O)[O-])(C(=O)[O-])C2(C)CCN(OCCCCCCCC)C(C)(C)C2(C)C)C(C)(C)C1(C)C. The van der Waals surface area contributed by atoms with Gasteiger partial charge < -0.3 is 19.8 Å². The summed E-state index contributed by atoms with van der Waals surface area (Å²) in [6, 6.07) is 0. The first kappa shape index (κ1) is 48.9. The summed E-state index contributed by atoms with van der Waals surface area (Å²) < 4.78 is 0. The van der Waals surface area contributed by atoms with Crippen molar-refractivity contribution in [3.63, 3.8) is 0 Å². The van der Waals surface area contributed by atoms with Gasteiger partial charge in [0.05, 0.1) is 13.2 Å². The minimum Gasteiger partial charge on any atom is -0.550 e. The van der Waals surface area contributed by atoms with E-state index >= 15 is 0 Å². The molecule has 0 aromatic heterocycles. The topological polar surface area (TPSA) is 105 Å². The molecule has 0 spiro atoms. The minimum atomic E-state index is -1.18. The third-order valence-corrected chi connectivity index (χ3v) is 16.3. The number of hydrogen-bond acceptors (Lipinski definition) is 8. The van der Waals surface area contributed by atoms with E-state index in [9.17, 15) is 19.8 Å². The zero-order valence-corrected chi connectivity index (χ0v) is 37.5. The summed E-state index contributed by atoms with van der Waals surface area (Å²) in [5.74, 6) is -1.94. The standard InChI is InChI=1S/C46H88N2O6/c1-13-15-17-19-24-28-36-53-47-34-32-44(11,40(3,4)42(47,7)8)46(39(51)52,31-27-23-21-22-26-30-38(49)50)45(12)33-35-48(43(9,10)41(45,5)6)54-37-29-25-20-18-16-14-2/h13-37H2,1-12H3,(H,49,50)(H,51,52)/p-2. The first-order chi connectivity index (χ1) is 25.2. The average molecular weight is 763 g/mol. The molecule has 2 rings (SSSR count). The third kappa shape index (κ3) is 10.1. The van der Waals surface area contributed by atoms with Gasteiger partial charge in [0.25, 0.3) is 0 Å². The van der Waals surface area contributed by atoms with Gasteiger partial charge in [0.15, 0.2) is 0 Å². The molecule has 0 N–H and O–H groups in total. The highest BCUT2D eigenvalue weighted by Crippen LogP contribution is 2.74. The Kier molecular flexibility index (Phi) is 19.0. The summed E-state index contributed by atoms with van der Waals surface area (Å²) in [7, 11) is 0. The predicted octanol–water partition coefficient (Wildman–Crippen LogP) is 9.82. The van der Waals surface area contributed by atoms with Crippen LogP contribution in [0.2, 0.25) is 0 Å². The van der Waals surface area contributed by atoms with Crippen molar-refractivity contribution in [2.45, 2.75) is 229 Å². The molecule has 0 aliphatic carbocycles. The Hall–Kier alpha value is -1.22. The number of unbranched alkanes of at least 4 members (excludes halogenated alkanes) is 14. The first-order valence-electron chi connectivity index (χ1n) is 22.4. The van der Waals surface area contributed by atoms with Crippen LogP contribution in [0.15, 0.2) is 0 Å². The number of carbonyl (C=O) groups is 2. The van der Waals surface area contributed by atoms with Crippen LogP contribution in [0.4, 0.5) is 0 Å². The van der Waals surface area contributed by atoms with E-state index in [-0.39, 0.29) is 6.42 Å². The van der Waals surface area contributed by atoms with Crippen LogP contribution in [0.5, 0.6) is 0 Å². The molecule has 0 saturated carbocycles. The Morgan fingerprint density at radius 2 is 0.889 bits per heavy atom. The number of piperidine rings is 2. The lowest BCUT2D eigenvalue weighted by atomic mass is 9.33. The number of nitrogens with zero attached hydrogens (tertiary/aromatic N) is 2. The second-order valence-corrected chi connectivity index (χ2v) is 19.8. The molecule has 2 aliphatic rings. The zero-order chi connectivity index (χ0) is 40.9. The molecule has 318 valence electrons. The molecule has 2 atom stereocenters. The molecule has 2 heterocycles. The van der Waals surface area contributed by atoms with Gasteiger partial charge in [-0.1, -0.05) is 145 Å². The molecule has 54 heavy (non-hydrogen) atoms. The van der Waals surface area contributed by atoms with E-state index in [2.05, 4.69) is 93.2 Å². The summed E-state index contributed by atoms with van der Waals surface area (Å²) >= 11 is 0. The molecule has 0 amide bonds. The highest BCUT2D eigenvalue weighted by atomic mass is 16.7. The maximum atomic E-state index is 14.6. The summed E-state index contributed by atoms with van der Waals surface area (Å²) in [6.45, 7) is 29.8. The summed E-state index contributed by atoms with van der Waals surface area (Å²) in [5, 5.41) is 30.0. The van der Waals surface area contributed by atoms with Crippen LogP contribution in [0.25, 0.3) is 0 Å². The van der Waals surface area contributed by atoms with Crippen LogP contribution >= 0.6 is 0 Å². The van der Waals surface area contributed by atoms with E-state index in [1.165, 1.54) is 64.2 Å². The highest BCUT2D eigenvalue weighted by molar-refractivity contribution is 5.76. The van der Waals surface area contributed by atoms with Gasteiger partial charge in [-0.15, -0.1) is 0 Å². The molecule has 0 radical (unpaired) electrons. The Labute approximate surface area is 333 Å². The maximum Gasteiger partial charge on any atom is 0.0685 e. The Balaban J connectivity index is 2.51. The molecule has 0 bridgehead atoms. The van der Waals surface area contributed by atoms with E-state index in [1.807, 2.05) is 0 Å². The lowest BCUT2D eigenvalue weighted by Crippen LogP contribution is -2.78. The number of hydroxylamine groups is 4. The summed E-state index contributed by atoms with van der Waals surface area (Å²) in [5.41, 5.74) is -4.36. The fourth-order valence-electron chi connectivity index (χ4n) is 10.8. The van der Waals surface area contributed by atoms with Gasteiger partial charge in [0, 0.05) is 41.5 Å². The summed E-state index contributed by atoms with van der Waals surface area (Å²) in [4.78, 5) is 38.8. The van der Waals surface area contributed by atoms with Gasteiger partial charge in [0.1, 0.15) is 0 Å². The van der Waals surface area contributed by atoms with Crippen molar-refractivity contribution in [3.8, 4) is 0 Å². The van der Waals surface area contributed by atoms with Gasteiger partial charge in [-0.2, -0.15) is 10.1 Å². The van der Waals surface area contributed by atoms with Crippen LogP contribution in [-0.4, -0.2) is 59.4 Å². The second kappa shape index (κ2) is 21.0. The van der Waals surface area contributed by atoms with Crippen molar-refractivity contribution in [3.05, 3.63) is 0 Å². The normalized spacial score (nSPS) is 26.4. The van der Waals surface area contributed by atoms with Gasteiger partial charge in [-0.25, -0.2) is 0 Å².